The molecule has 4 nitrogen and oxygen atoms in total. The van der Waals surface area contributed by atoms with E-state index in [-0.39, 0.29) is 5.56 Å². The van der Waals surface area contributed by atoms with Crippen molar-refractivity contribution in [2.45, 2.75) is 19.3 Å². The molecule has 5 heteroatoms. The summed E-state index contributed by atoms with van der Waals surface area (Å²) in [7, 11) is 0. The summed E-state index contributed by atoms with van der Waals surface area (Å²) >= 11 is 1.31. The molecule has 20 heavy (non-hydrogen) atoms. The Morgan fingerprint density at radius 2 is 1.60 bits per heavy atom. The van der Waals surface area contributed by atoms with Gasteiger partial charge in [-0.05, 0) is 49.1 Å². The van der Waals surface area contributed by atoms with Gasteiger partial charge in [0.25, 0.3) is 0 Å². The van der Waals surface area contributed by atoms with Crippen LogP contribution in [0.4, 0.5) is 0 Å². The molecule has 2 rings (SSSR count). The number of carboxylic acids is 2. The van der Waals surface area contributed by atoms with Crippen LogP contribution in [-0.4, -0.2) is 22.2 Å². The van der Waals surface area contributed by atoms with Gasteiger partial charge in [-0.15, -0.1) is 11.3 Å². The van der Waals surface area contributed by atoms with Crippen molar-refractivity contribution in [3.63, 3.8) is 0 Å². The van der Waals surface area contributed by atoms with E-state index in [1.165, 1.54) is 11.3 Å². The number of hydrogen-bond acceptors (Lipinski definition) is 3. The standard InChI is InChI=1S/C15H14O4S/c16-14(17)11-6-4-10(5-7-11)2-1-3-12-8-9-13(20-12)15(18)19/h4-9H,1-3H2,(H,16,17)(H,18,19). The van der Waals surface area contributed by atoms with Crippen molar-refractivity contribution in [2.24, 2.45) is 0 Å². The van der Waals surface area contributed by atoms with Gasteiger partial charge in [0.15, 0.2) is 0 Å². The minimum atomic E-state index is -0.920. The highest BCUT2D eigenvalue weighted by molar-refractivity contribution is 7.13. The zero-order valence-corrected chi connectivity index (χ0v) is 11.5. The Kier molecular flexibility index (Phi) is 4.53. The molecule has 104 valence electrons. The van der Waals surface area contributed by atoms with Gasteiger partial charge < -0.3 is 10.2 Å². The van der Waals surface area contributed by atoms with E-state index in [0.717, 1.165) is 29.7 Å². The maximum Gasteiger partial charge on any atom is 0.345 e. The molecule has 0 amide bonds. The summed E-state index contributed by atoms with van der Waals surface area (Å²) in [6.45, 7) is 0. The highest BCUT2D eigenvalue weighted by Gasteiger charge is 2.07. The fourth-order valence-corrected chi connectivity index (χ4v) is 2.80. The van der Waals surface area contributed by atoms with Gasteiger partial charge in [0, 0.05) is 4.88 Å². The maximum absolute atomic E-state index is 10.8. The van der Waals surface area contributed by atoms with Crippen LogP contribution in [0.3, 0.4) is 0 Å². The lowest BCUT2D eigenvalue weighted by Crippen LogP contribution is -1.96. The monoisotopic (exact) mass is 290 g/mol. The number of thiophene rings is 1. The first-order valence-corrected chi connectivity index (χ1v) is 7.02. The zero-order chi connectivity index (χ0) is 14.5. The number of carbonyl (C=O) groups is 2. The summed E-state index contributed by atoms with van der Waals surface area (Å²) in [4.78, 5) is 22.9. The first-order chi connectivity index (χ1) is 9.56. The van der Waals surface area contributed by atoms with Crippen molar-refractivity contribution in [3.8, 4) is 0 Å². The molecule has 0 aliphatic heterocycles. The van der Waals surface area contributed by atoms with Crippen LogP contribution in [0, 0.1) is 0 Å². The van der Waals surface area contributed by atoms with E-state index in [1.807, 2.05) is 18.2 Å². The normalized spacial score (nSPS) is 10.4. The predicted octanol–water partition coefficient (Wildman–Crippen LogP) is 3.32. The second kappa shape index (κ2) is 6.34. The molecule has 1 heterocycles. The van der Waals surface area contributed by atoms with Gasteiger partial charge in [0.05, 0.1) is 5.56 Å². The summed E-state index contributed by atoms with van der Waals surface area (Å²) in [6.07, 6.45) is 2.59. The summed E-state index contributed by atoms with van der Waals surface area (Å²) in [6, 6.07) is 10.3. The first kappa shape index (κ1) is 14.3. The van der Waals surface area contributed by atoms with Crippen LogP contribution in [0.15, 0.2) is 36.4 Å². The second-order valence-corrected chi connectivity index (χ2v) is 5.60. The van der Waals surface area contributed by atoms with Crippen molar-refractivity contribution in [3.05, 3.63) is 57.3 Å². The van der Waals surface area contributed by atoms with E-state index in [2.05, 4.69) is 0 Å². The van der Waals surface area contributed by atoms with Crippen LogP contribution in [0.2, 0.25) is 0 Å². The van der Waals surface area contributed by atoms with E-state index < -0.39 is 11.9 Å². The number of aromatic carboxylic acids is 2. The summed E-state index contributed by atoms with van der Waals surface area (Å²) in [5, 5.41) is 17.6. The largest absolute Gasteiger partial charge is 0.478 e. The average Bonchev–Trinajstić information content (AvgIpc) is 2.88. The fourth-order valence-electron chi connectivity index (χ4n) is 1.91. The minimum absolute atomic E-state index is 0.290. The Bertz CT molecular complexity index is 613. The molecule has 1 aromatic carbocycles. The Morgan fingerprint density at radius 1 is 0.900 bits per heavy atom. The van der Waals surface area contributed by atoms with Crippen LogP contribution in [0.5, 0.6) is 0 Å². The third-order valence-corrected chi connectivity index (χ3v) is 4.09. The van der Waals surface area contributed by atoms with E-state index in [0.29, 0.717) is 4.88 Å². The number of aryl methyl sites for hydroxylation is 2. The molecule has 0 saturated carbocycles. The van der Waals surface area contributed by atoms with Gasteiger partial charge in [-0.2, -0.15) is 0 Å². The molecule has 0 bridgehead atoms. The van der Waals surface area contributed by atoms with Crippen molar-refractivity contribution in [1.29, 1.82) is 0 Å². The molecule has 0 aliphatic carbocycles. The lowest BCUT2D eigenvalue weighted by atomic mass is 10.1. The number of benzene rings is 1. The van der Waals surface area contributed by atoms with Crippen molar-refractivity contribution >= 4 is 23.3 Å². The van der Waals surface area contributed by atoms with Crippen LogP contribution in [0.1, 0.15) is 36.9 Å². The van der Waals surface area contributed by atoms with Gasteiger partial charge in [-0.1, -0.05) is 12.1 Å². The summed E-state index contributed by atoms with van der Waals surface area (Å²) < 4.78 is 0. The van der Waals surface area contributed by atoms with Crippen LogP contribution in [0.25, 0.3) is 0 Å². The second-order valence-electron chi connectivity index (χ2n) is 4.43. The molecular formula is C15H14O4S. The molecule has 2 N–H and O–H groups in total. The molecule has 0 fully saturated rings. The molecule has 1 aromatic heterocycles. The summed E-state index contributed by atoms with van der Waals surface area (Å²) in [5.41, 5.74) is 1.38. The number of carboxylic acid groups (broad SMARTS) is 2. The molecule has 0 unspecified atom stereocenters. The first-order valence-electron chi connectivity index (χ1n) is 6.20. The number of hydrogen-bond donors (Lipinski definition) is 2. The molecule has 0 spiro atoms. The highest BCUT2D eigenvalue weighted by atomic mass is 32.1. The third kappa shape index (κ3) is 3.68. The lowest BCUT2D eigenvalue weighted by molar-refractivity contribution is 0.0688. The van der Waals surface area contributed by atoms with Crippen LogP contribution >= 0.6 is 11.3 Å². The lowest BCUT2D eigenvalue weighted by Gasteiger charge is -2.01. The molecule has 0 atom stereocenters. The van der Waals surface area contributed by atoms with Gasteiger partial charge >= 0.3 is 11.9 Å². The minimum Gasteiger partial charge on any atom is -0.478 e. The van der Waals surface area contributed by atoms with E-state index in [9.17, 15) is 9.59 Å². The van der Waals surface area contributed by atoms with E-state index >= 15 is 0 Å². The topological polar surface area (TPSA) is 74.6 Å². The smallest absolute Gasteiger partial charge is 0.345 e. The van der Waals surface area contributed by atoms with Gasteiger partial charge in [-0.3, -0.25) is 0 Å². The average molecular weight is 290 g/mol. The maximum atomic E-state index is 10.8. The SMILES string of the molecule is O=C(O)c1ccc(CCCc2ccc(C(=O)O)s2)cc1. The fraction of sp³-hybridized carbons (Fsp3) is 0.200. The molecule has 2 aromatic rings. The van der Waals surface area contributed by atoms with E-state index in [4.69, 9.17) is 10.2 Å². The highest BCUT2D eigenvalue weighted by Crippen LogP contribution is 2.19. The Balaban J connectivity index is 1.85. The van der Waals surface area contributed by atoms with E-state index in [1.54, 1.807) is 18.2 Å². The molecule has 0 radical (unpaired) electrons. The molecule has 0 aliphatic rings. The van der Waals surface area contributed by atoms with Crippen LogP contribution in [-0.2, 0) is 12.8 Å². The quantitative estimate of drug-likeness (QED) is 0.855. The van der Waals surface area contributed by atoms with Gasteiger partial charge in [0.1, 0.15) is 4.88 Å². The Hall–Kier alpha value is -2.14. The summed E-state index contributed by atoms with van der Waals surface area (Å²) in [5.74, 6) is -1.80. The molecular weight excluding hydrogens is 276 g/mol. The zero-order valence-electron chi connectivity index (χ0n) is 10.7. The van der Waals surface area contributed by atoms with Crippen molar-refractivity contribution in [2.75, 3.05) is 0 Å². The molecule has 0 saturated heterocycles. The third-order valence-electron chi connectivity index (χ3n) is 2.96. The van der Waals surface area contributed by atoms with Gasteiger partial charge in [0.2, 0.25) is 0 Å². The Morgan fingerprint density at radius 3 is 2.15 bits per heavy atom. The van der Waals surface area contributed by atoms with Crippen molar-refractivity contribution < 1.29 is 19.8 Å². The predicted molar refractivity (Wildman–Crippen MR) is 76.7 cm³/mol. The van der Waals surface area contributed by atoms with Crippen LogP contribution < -0.4 is 0 Å². The Labute approximate surface area is 120 Å². The van der Waals surface area contributed by atoms with Crippen molar-refractivity contribution in [1.82, 2.24) is 0 Å². The van der Waals surface area contributed by atoms with Gasteiger partial charge in [-0.25, -0.2) is 9.59 Å². The number of rotatable bonds is 6.